The van der Waals surface area contributed by atoms with Crippen molar-refractivity contribution in [2.24, 2.45) is 0 Å². The fourth-order valence-corrected chi connectivity index (χ4v) is 4.61. The van der Waals surface area contributed by atoms with Crippen molar-refractivity contribution < 1.29 is 4.39 Å². The van der Waals surface area contributed by atoms with Crippen molar-refractivity contribution in [2.75, 3.05) is 13.1 Å². The Morgan fingerprint density at radius 1 is 1.31 bits per heavy atom. The number of hydrogen-bond acceptors (Lipinski definition) is 5. The van der Waals surface area contributed by atoms with Gasteiger partial charge in [-0.2, -0.15) is 5.26 Å². The van der Waals surface area contributed by atoms with E-state index >= 15 is 0 Å². The van der Waals surface area contributed by atoms with E-state index in [2.05, 4.69) is 20.9 Å². The monoisotopic (exact) mass is 386 g/mol. The van der Waals surface area contributed by atoms with Gasteiger partial charge in [0.1, 0.15) is 17.0 Å². The molecule has 0 amide bonds. The SMILES string of the molecule is N#Cc1cc(CN2CCC(c3nc4cc(F)ccc4s3)CC2)cnc1Cl. The van der Waals surface area contributed by atoms with E-state index in [1.54, 1.807) is 23.6 Å². The number of benzene rings is 1. The fourth-order valence-electron chi connectivity index (χ4n) is 3.35. The number of likely N-dealkylation sites (tertiary alicyclic amines) is 1. The average Bonchev–Trinajstić information content (AvgIpc) is 3.07. The van der Waals surface area contributed by atoms with E-state index in [4.69, 9.17) is 16.9 Å². The minimum atomic E-state index is -0.238. The first-order chi connectivity index (χ1) is 12.6. The highest BCUT2D eigenvalue weighted by atomic mass is 35.5. The zero-order valence-corrected chi connectivity index (χ0v) is 15.5. The molecule has 1 aromatic carbocycles. The van der Waals surface area contributed by atoms with Gasteiger partial charge in [-0.25, -0.2) is 14.4 Å². The lowest BCUT2D eigenvalue weighted by Crippen LogP contribution is -2.32. The molecule has 26 heavy (non-hydrogen) atoms. The average molecular weight is 387 g/mol. The van der Waals surface area contributed by atoms with E-state index in [1.165, 1.54) is 12.1 Å². The maximum Gasteiger partial charge on any atom is 0.146 e. The van der Waals surface area contributed by atoms with Gasteiger partial charge in [0.2, 0.25) is 0 Å². The molecule has 3 aromatic rings. The standard InChI is InChI=1S/C19H16ClFN4S/c20-18-14(9-22)7-12(10-23-18)11-25-5-3-13(4-6-25)19-24-16-8-15(21)1-2-17(16)26-19/h1-2,7-8,10,13H,3-6,11H2. The van der Waals surface area contributed by atoms with Crippen LogP contribution in [0.4, 0.5) is 4.39 Å². The third-order valence-corrected chi connectivity index (χ3v) is 6.23. The van der Waals surface area contributed by atoms with E-state index in [0.29, 0.717) is 11.5 Å². The number of halogens is 2. The van der Waals surface area contributed by atoms with Crippen LogP contribution in [0.3, 0.4) is 0 Å². The number of pyridine rings is 1. The lowest BCUT2D eigenvalue weighted by molar-refractivity contribution is 0.204. The van der Waals surface area contributed by atoms with Crippen LogP contribution in [-0.4, -0.2) is 28.0 Å². The predicted molar refractivity (Wildman–Crippen MR) is 101 cm³/mol. The summed E-state index contributed by atoms with van der Waals surface area (Å²) in [5, 5.41) is 10.4. The minimum Gasteiger partial charge on any atom is -0.299 e. The number of nitrogens with zero attached hydrogens (tertiary/aromatic N) is 4. The largest absolute Gasteiger partial charge is 0.299 e. The molecular formula is C19H16ClFN4S. The summed E-state index contributed by atoms with van der Waals surface area (Å²) in [6.45, 7) is 2.68. The van der Waals surface area contributed by atoms with Gasteiger partial charge < -0.3 is 0 Å². The molecule has 0 spiro atoms. The van der Waals surface area contributed by atoms with Gasteiger partial charge in [0.05, 0.1) is 20.8 Å². The quantitative estimate of drug-likeness (QED) is 0.610. The number of fused-ring (bicyclic) bond motifs is 1. The molecule has 7 heteroatoms. The Labute approximate surface area is 159 Å². The first kappa shape index (κ1) is 17.3. The maximum absolute atomic E-state index is 13.3. The molecule has 0 N–H and O–H groups in total. The molecule has 2 aromatic heterocycles. The van der Waals surface area contributed by atoms with Crippen molar-refractivity contribution in [1.29, 1.82) is 5.26 Å². The highest BCUT2D eigenvalue weighted by Gasteiger charge is 2.23. The molecule has 1 fully saturated rings. The third kappa shape index (κ3) is 3.56. The van der Waals surface area contributed by atoms with E-state index < -0.39 is 0 Å². The first-order valence-corrected chi connectivity index (χ1v) is 9.64. The number of thiazole rings is 1. The van der Waals surface area contributed by atoms with Crippen LogP contribution >= 0.6 is 22.9 Å². The summed E-state index contributed by atoms with van der Waals surface area (Å²) in [4.78, 5) is 11.1. The zero-order chi connectivity index (χ0) is 18.1. The molecular weight excluding hydrogens is 371 g/mol. The van der Waals surface area contributed by atoms with Crippen LogP contribution in [0.25, 0.3) is 10.2 Å². The van der Waals surface area contributed by atoms with Crippen molar-refractivity contribution in [2.45, 2.75) is 25.3 Å². The molecule has 0 unspecified atom stereocenters. The smallest absolute Gasteiger partial charge is 0.146 e. The van der Waals surface area contributed by atoms with E-state index in [0.717, 1.165) is 53.3 Å². The Balaban J connectivity index is 1.41. The van der Waals surface area contributed by atoms with Gasteiger partial charge in [0.15, 0.2) is 0 Å². The molecule has 0 radical (unpaired) electrons. The zero-order valence-electron chi connectivity index (χ0n) is 14.0. The van der Waals surface area contributed by atoms with Gasteiger partial charge in [-0.3, -0.25) is 4.90 Å². The van der Waals surface area contributed by atoms with Crippen molar-refractivity contribution in [3.8, 4) is 6.07 Å². The van der Waals surface area contributed by atoms with Crippen LogP contribution in [0.2, 0.25) is 5.15 Å². The molecule has 132 valence electrons. The van der Waals surface area contributed by atoms with Crippen LogP contribution in [0.15, 0.2) is 30.5 Å². The van der Waals surface area contributed by atoms with Crippen molar-refractivity contribution >= 4 is 33.2 Å². The first-order valence-electron chi connectivity index (χ1n) is 8.45. The second-order valence-electron chi connectivity index (χ2n) is 6.51. The van der Waals surface area contributed by atoms with Crippen LogP contribution in [0.5, 0.6) is 0 Å². The number of rotatable bonds is 3. The van der Waals surface area contributed by atoms with Crippen molar-refractivity contribution in [1.82, 2.24) is 14.9 Å². The summed E-state index contributed by atoms with van der Waals surface area (Å²) in [5.41, 5.74) is 2.17. The Kier molecular flexibility index (Phi) is 4.86. The molecule has 1 saturated heterocycles. The molecule has 0 atom stereocenters. The van der Waals surface area contributed by atoms with Gasteiger partial charge in [-0.1, -0.05) is 11.6 Å². The third-order valence-electron chi connectivity index (χ3n) is 4.73. The van der Waals surface area contributed by atoms with Crippen LogP contribution < -0.4 is 0 Å². The van der Waals surface area contributed by atoms with Crippen LogP contribution in [0, 0.1) is 17.1 Å². The molecule has 4 nitrogen and oxygen atoms in total. The topological polar surface area (TPSA) is 52.8 Å². The van der Waals surface area contributed by atoms with Gasteiger partial charge in [0, 0.05) is 24.7 Å². The van der Waals surface area contributed by atoms with Crippen molar-refractivity contribution in [3.63, 3.8) is 0 Å². The number of aromatic nitrogens is 2. The summed E-state index contributed by atoms with van der Waals surface area (Å²) in [6.07, 6.45) is 3.78. The van der Waals surface area contributed by atoms with E-state index in [1.807, 2.05) is 6.07 Å². The second kappa shape index (κ2) is 7.28. The molecule has 1 aliphatic heterocycles. The van der Waals surface area contributed by atoms with E-state index in [-0.39, 0.29) is 11.0 Å². The molecule has 3 heterocycles. The summed E-state index contributed by atoms with van der Waals surface area (Å²) >= 11 is 7.56. The second-order valence-corrected chi connectivity index (χ2v) is 7.93. The number of nitriles is 1. The van der Waals surface area contributed by atoms with Gasteiger partial charge in [-0.15, -0.1) is 11.3 Å². The Bertz CT molecular complexity index is 989. The molecule has 1 aliphatic rings. The highest BCUT2D eigenvalue weighted by Crippen LogP contribution is 2.34. The van der Waals surface area contributed by atoms with Gasteiger partial charge >= 0.3 is 0 Å². The molecule has 0 saturated carbocycles. The molecule has 0 bridgehead atoms. The molecule has 0 aliphatic carbocycles. The maximum atomic E-state index is 13.3. The van der Waals surface area contributed by atoms with Crippen LogP contribution in [0.1, 0.15) is 34.9 Å². The minimum absolute atomic E-state index is 0.238. The summed E-state index contributed by atoms with van der Waals surface area (Å²) in [7, 11) is 0. The summed E-state index contributed by atoms with van der Waals surface area (Å²) in [6, 6.07) is 8.68. The van der Waals surface area contributed by atoms with Gasteiger partial charge in [0.25, 0.3) is 0 Å². The lowest BCUT2D eigenvalue weighted by Gasteiger charge is -2.31. The summed E-state index contributed by atoms with van der Waals surface area (Å²) < 4.78 is 14.4. The summed E-state index contributed by atoms with van der Waals surface area (Å²) in [5.74, 6) is 0.183. The Morgan fingerprint density at radius 2 is 2.12 bits per heavy atom. The van der Waals surface area contributed by atoms with E-state index in [9.17, 15) is 4.39 Å². The molecule has 4 rings (SSSR count). The lowest BCUT2D eigenvalue weighted by atomic mass is 9.97. The van der Waals surface area contributed by atoms with Crippen LogP contribution in [-0.2, 0) is 6.54 Å². The van der Waals surface area contributed by atoms with Gasteiger partial charge in [-0.05, 0) is 49.7 Å². The Hall–Kier alpha value is -2.07. The predicted octanol–water partition coefficient (Wildman–Crippen LogP) is 4.74. The Morgan fingerprint density at radius 3 is 2.88 bits per heavy atom. The number of hydrogen-bond donors (Lipinski definition) is 0. The van der Waals surface area contributed by atoms with Crippen molar-refractivity contribution in [3.05, 3.63) is 57.6 Å². The fraction of sp³-hybridized carbons (Fsp3) is 0.316. The normalized spacial score (nSPS) is 16.0. The number of piperidine rings is 1. The highest BCUT2D eigenvalue weighted by molar-refractivity contribution is 7.18.